The summed E-state index contributed by atoms with van der Waals surface area (Å²) in [6.45, 7) is 1.02. The second kappa shape index (κ2) is 5.69. The Balaban J connectivity index is 2.04. The average Bonchev–Trinajstić information content (AvgIpc) is 2.44. The van der Waals surface area contributed by atoms with Crippen molar-refractivity contribution in [2.75, 3.05) is 45.6 Å². The zero-order valence-corrected chi connectivity index (χ0v) is 12.1. The second-order valence-electron chi connectivity index (χ2n) is 5.00. The minimum Gasteiger partial charge on any atom is -0.387 e. The first-order chi connectivity index (χ1) is 9.36. The van der Waals surface area contributed by atoms with Gasteiger partial charge in [0.05, 0.1) is 32.5 Å². The predicted molar refractivity (Wildman–Crippen MR) is 71.2 cm³/mol. The summed E-state index contributed by atoms with van der Waals surface area (Å²) in [5.41, 5.74) is -0.710. The normalized spacial score (nSPS) is 23.0. The van der Waals surface area contributed by atoms with Crippen molar-refractivity contribution in [3.8, 4) is 11.8 Å². The number of carbonyl (C=O) groups excluding carboxylic acids is 1. The van der Waals surface area contributed by atoms with Crippen molar-refractivity contribution in [2.24, 2.45) is 0 Å². The summed E-state index contributed by atoms with van der Waals surface area (Å²) in [7, 11) is -3.26. The van der Waals surface area contributed by atoms with Crippen LogP contribution < -0.4 is 0 Å². The van der Waals surface area contributed by atoms with Crippen LogP contribution in [0.4, 0.5) is 0 Å². The van der Waals surface area contributed by atoms with Crippen LogP contribution in [0.3, 0.4) is 0 Å². The monoisotopic (exact) mass is 302 g/mol. The highest BCUT2D eigenvalue weighted by atomic mass is 32.2. The Morgan fingerprint density at radius 3 is 2.75 bits per heavy atom. The molecule has 7 nitrogen and oxygen atoms in total. The number of aliphatic hydroxyl groups excluding tert-OH is 1. The van der Waals surface area contributed by atoms with Crippen molar-refractivity contribution in [3.63, 3.8) is 0 Å². The molecule has 8 heteroatoms. The summed E-state index contributed by atoms with van der Waals surface area (Å²) in [5.74, 6) is 5.41. The Morgan fingerprint density at radius 1 is 1.45 bits per heavy atom. The van der Waals surface area contributed by atoms with Crippen LogP contribution in [0.1, 0.15) is 6.42 Å². The van der Waals surface area contributed by atoms with Crippen molar-refractivity contribution in [2.45, 2.75) is 12.0 Å². The van der Waals surface area contributed by atoms with Gasteiger partial charge in [-0.1, -0.05) is 11.8 Å². The molecule has 1 N–H and O–H groups in total. The lowest BCUT2D eigenvalue weighted by molar-refractivity contribution is -0.157. The van der Waals surface area contributed by atoms with Gasteiger partial charge in [0.25, 0.3) is 0 Å². The molecule has 0 aromatic carbocycles. The van der Waals surface area contributed by atoms with E-state index >= 15 is 0 Å². The Morgan fingerprint density at radius 2 is 2.15 bits per heavy atom. The Labute approximate surface area is 118 Å². The summed E-state index contributed by atoms with van der Waals surface area (Å²) in [4.78, 5) is 12.8. The number of carbonyl (C=O) groups is 1. The molecular weight excluding hydrogens is 284 g/mol. The first kappa shape index (κ1) is 15.3. The first-order valence-electron chi connectivity index (χ1n) is 6.34. The summed E-state index contributed by atoms with van der Waals surface area (Å²) < 4.78 is 30.1. The van der Waals surface area contributed by atoms with Crippen molar-refractivity contribution < 1.29 is 23.1 Å². The highest BCUT2D eigenvalue weighted by molar-refractivity contribution is 7.88. The van der Waals surface area contributed by atoms with Gasteiger partial charge in [-0.3, -0.25) is 4.79 Å². The zero-order chi connectivity index (χ0) is 14.8. The molecule has 1 amide bonds. The SMILES string of the molecule is CS(=O)(=O)N1CC#CC2(CN(C(=O)CO)C2)OCCC1. The molecule has 0 aromatic heterocycles. The van der Waals surface area contributed by atoms with Crippen LogP contribution in [0, 0.1) is 11.8 Å². The van der Waals surface area contributed by atoms with Gasteiger partial charge in [-0.15, -0.1) is 0 Å². The topological polar surface area (TPSA) is 87.2 Å². The third kappa shape index (κ3) is 3.30. The van der Waals surface area contributed by atoms with E-state index in [2.05, 4.69) is 11.8 Å². The molecule has 2 rings (SSSR count). The molecular formula is C12H18N2O5S. The third-order valence-corrected chi connectivity index (χ3v) is 4.60. The van der Waals surface area contributed by atoms with Crippen LogP contribution in [0.5, 0.6) is 0 Å². The molecule has 20 heavy (non-hydrogen) atoms. The highest BCUT2D eigenvalue weighted by Gasteiger charge is 2.45. The predicted octanol–water partition coefficient (Wildman–Crippen LogP) is -1.75. The van der Waals surface area contributed by atoms with E-state index in [0.717, 1.165) is 6.26 Å². The molecule has 0 atom stereocenters. The fraction of sp³-hybridized carbons (Fsp3) is 0.750. The maximum atomic E-state index is 11.5. The summed E-state index contributed by atoms with van der Waals surface area (Å²) in [6.07, 6.45) is 1.74. The lowest BCUT2D eigenvalue weighted by Gasteiger charge is -2.46. The van der Waals surface area contributed by atoms with E-state index in [-0.39, 0.29) is 12.5 Å². The van der Waals surface area contributed by atoms with Crippen LogP contribution >= 0.6 is 0 Å². The van der Waals surface area contributed by atoms with E-state index in [9.17, 15) is 13.2 Å². The molecule has 2 aliphatic heterocycles. The van der Waals surface area contributed by atoms with Crippen molar-refractivity contribution in [1.82, 2.24) is 9.21 Å². The van der Waals surface area contributed by atoms with E-state index in [1.54, 1.807) is 0 Å². The van der Waals surface area contributed by atoms with Gasteiger partial charge in [0.2, 0.25) is 15.9 Å². The number of likely N-dealkylation sites (tertiary alicyclic amines) is 1. The van der Waals surface area contributed by atoms with Gasteiger partial charge in [-0.25, -0.2) is 8.42 Å². The van der Waals surface area contributed by atoms with E-state index in [4.69, 9.17) is 9.84 Å². The van der Waals surface area contributed by atoms with E-state index in [1.165, 1.54) is 9.21 Å². The van der Waals surface area contributed by atoms with Gasteiger partial charge in [0, 0.05) is 6.54 Å². The van der Waals surface area contributed by atoms with Crippen LogP contribution in [-0.4, -0.2) is 79.9 Å². The number of hydrogen-bond acceptors (Lipinski definition) is 5. The quantitative estimate of drug-likeness (QED) is 0.611. The van der Waals surface area contributed by atoms with Crippen molar-refractivity contribution in [3.05, 3.63) is 0 Å². The number of ether oxygens (including phenoxy) is 1. The van der Waals surface area contributed by atoms with Crippen molar-refractivity contribution >= 4 is 15.9 Å². The fourth-order valence-corrected chi connectivity index (χ4v) is 2.97. The van der Waals surface area contributed by atoms with Crippen LogP contribution in [-0.2, 0) is 19.6 Å². The molecule has 112 valence electrons. The minimum atomic E-state index is -3.26. The number of hydrogen-bond donors (Lipinski definition) is 1. The smallest absolute Gasteiger partial charge is 0.248 e. The van der Waals surface area contributed by atoms with Crippen LogP contribution in [0.25, 0.3) is 0 Å². The molecule has 0 radical (unpaired) electrons. The molecule has 2 aliphatic rings. The molecule has 0 saturated carbocycles. The number of amides is 1. The molecule has 1 fully saturated rings. The van der Waals surface area contributed by atoms with Gasteiger partial charge in [0.15, 0.2) is 5.60 Å². The lowest BCUT2D eigenvalue weighted by Crippen LogP contribution is -2.64. The standard InChI is InChI=1S/C12H18N2O5S/c1-20(17,18)14-5-2-4-12(19-7-3-6-14)9-13(10-12)11(16)8-15/h15H,3,5-10H2,1H3. The van der Waals surface area contributed by atoms with Gasteiger partial charge in [-0.2, -0.15) is 4.31 Å². The fourth-order valence-electron chi connectivity index (χ4n) is 2.21. The third-order valence-electron chi connectivity index (χ3n) is 3.35. The number of aliphatic hydroxyl groups is 1. The maximum absolute atomic E-state index is 11.5. The molecule has 1 spiro atoms. The Hall–Kier alpha value is -1.14. The van der Waals surface area contributed by atoms with Gasteiger partial charge in [-0.05, 0) is 6.42 Å². The maximum Gasteiger partial charge on any atom is 0.248 e. The second-order valence-corrected chi connectivity index (χ2v) is 6.98. The number of sulfonamides is 1. The van der Waals surface area contributed by atoms with E-state index < -0.39 is 22.2 Å². The Kier molecular flexibility index (Phi) is 4.34. The van der Waals surface area contributed by atoms with Gasteiger partial charge < -0.3 is 14.7 Å². The molecule has 0 unspecified atom stereocenters. The van der Waals surface area contributed by atoms with E-state index in [1.807, 2.05) is 0 Å². The Bertz CT molecular complexity index is 542. The summed E-state index contributed by atoms with van der Waals surface area (Å²) in [5, 5.41) is 8.79. The van der Waals surface area contributed by atoms with Crippen molar-refractivity contribution in [1.29, 1.82) is 0 Å². The lowest BCUT2D eigenvalue weighted by atomic mass is 9.94. The largest absolute Gasteiger partial charge is 0.387 e. The number of rotatable bonds is 2. The first-order valence-corrected chi connectivity index (χ1v) is 8.19. The van der Waals surface area contributed by atoms with Gasteiger partial charge >= 0.3 is 0 Å². The molecule has 1 saturated heterocycles. The highest BCUT2D eigenvalue weighted by Crippen LogP contribution is 2.25. The summed E-state index contributed by atoms with van der Waals surface area (Å²) >= 11 is 0. The molecule has 0 aromatic rings. The number of nitrogens with zero attached hydrogens (tertiary/aromatic N) is 2. The minimum absolute atomic E-state index is 0.137. The molecule has 2 heterocycles. The van der Waals surface area contributed by atoms with Crippen LogP contribution in [0.15, 0.2) is 0 Å². The van der Waals surface area contributed by atoms with Gasteiger partial charge in [0.1, 0.15) is 6.61 Å². The van der Waals surface area contributed by atoms with E-state index in [0.29, 0.717) is 32.7 Å². The summed E-state index contributed by atoms with van der Waals surface area (Å²) in [6, 6.07) is 0. The molecule has 0 aliphatic carbocycles. The van der Waals surface area contributed by atoms with Crippen LogP contribution in [0.2, 0.25) is 0 Å². The average molecular weight is 302 g/mol. The zero-order valence-electron chi connectivity index (χ0n) is 11.3. The molecule has 0 bridgehead atoms.